The molecule has 2 aromatic rings. The van der Waals surface area contributed by atoms with Crippen LogP contribution in [-0.4, -0.2) is 24.6 Å². The molecule has 0 N–H and O–H groups in total. The van der Waals surface area contributed by atoms with Crippen LogP contribution in [0.15, 0.2) is 42.5 Å². The molecular weight excluding hydrogens is 313 g/mol. The van der Waals surface area contributed by atoms with Crippen molar-refractivity contribution in [1.29, 1.82) is 5.26 Å². The first-order chi connectivity index (χ1) is 11.6. The maximum Gasteiger partial charge on any atom is 0.293 e. The standard InChI is InChI=1S/C17H14FN3O3/c18-14-3-1-2-13(9-14)17-11-20(6-7-24-17)15-5-4-12(10-19)8-16(15)21(22)23/h1-5,8-9,17H,6-7,11H2/t17-/m0/s1. The highest BCUT2D eigenvalue weighted by atomic mass is 19.1. The van der Waals surface area contributed by atoms with Gasteiger partial charge in [-0.05, 0) is 29.8 Å². The van der Waals surface area contributed by atoms with Crippen LogP contribution in [0.1, 0.15) is 17.2 Å². The van der Waals surface area contributed by atoms with Gasteiger partial charge in [-0.2, -0.15) is 5.26 Å². The SMILES string of the molecule is N#Cc1ccc(N2CCO[C@H](c3cccc(F)c3)C2)c([N+](=O)[O-])c1. The first-order valence-electron chi connectivity index (χ1n) is 7.39. The molecule has 6 nitrogen and oxygen atoms in total. The Kier molecular flexibility index (Phi) is 4.40. The second kappa shape index (κ2) is 6.64. The van der Waals surface area contributed by atoms with Crippen LogP contribution < -0.4 is 4.90 Å². The van der Waals surface area contributed by atoms with Crippen molar-refractivity contribution < 1.29 is 14.1 Å². The number of anilines is 1. The van der Waals surface area contributed by atoms with Crippen LogP contribution in [0.5, 0.6) is 0 Å². The Morgan fingerprint density at radius 2 is 2.17 bits per heavy atom. The molecule has 1 aliphatic heterocycles. The van der Waals surface area contributed by atoms with Crippen molar-refractivity contribution in [1.82, 2.24) is 0 Å². The summed E-state index contributed by atoms with van der Waals surface area (Å²) in [6.07, 6.45) is -0.371. The van der Waals surface area contributed by atoms with E-state index >= 15 is 0 Å². The van der Waals surface area contributed by atoms with Crippen LogP contribution in [0.3, 0.4) is 0 Å². The van der Waals surface area contributed by atoms with E-state index in [4.69, 9.17) is 10.00 Å². The van der Waals surface area contributed by atoms with Gasteiger partial charge in [0.15, 0.2) is 0 Å². The zero-order valence-electron chi connectivity index (χ0n) is 12.7. The minimum absolute atomic E-state index is 0.117. The van der Waals surface area contributed by atoms with E-state index in [1.807, 2.05) is 11.0 Å². The molecule has 1 saturated heterocycles. The lowest BCUT2D eigenvalue weighted by Crippen LogP contribution is -2.38. The number of nitro benzene ring substituents is 1. The normalized spacial score (nSPS) is 17.3. The Balaban J connectivity index is 1.90. The van der Waals surface area contributed by atoms with E-state index in [2.05, 4.69) is 0 Å². The summed E-state index contributed by atoms with van der Waals surface area (Å²) in [7, 11) is 0. The topological polar surface area (TPSA) is 79.4 Å². The first kappa shape index (κ1) is 15.9. The van der Waals surface area contributed by atoms with E-state index in [0.717, 1.165) is 0 Å². The number of halogens is 1. The average Bonchev–Trinajstić information content (AvgIpc) is 2.61. The maximum atomic E-state index is 13.4. The summed E-state index contributed by atoms with van der Waals surface area (Å²) in [5.74, 6) is -0.349. The highest BCUT2D eigenvalue weighted by molar-refractivity contribution is 5.66. The maximum absolute atomic E-state index is 13.4. The molecule has 2 aromatic carbocycles. The average molecular weight is 327 g/mol. The fraction of sp³-hybridized carbons (Fsp3) is 0.235. The van der Waals surface area contributed by atoms with Crippen LogP contribution in [0.25, 0.3) is 0 Å². The predicted molar refractivity (Wildman–Crippen MR) is 85.1 cm³/mol. The van der Waals surface area contributed by atoms with Gasteiger partial charge < -0.3 is 9.64 Å². The van der Waals surface area contributed by atoms with Gasteiger partial charge in [-0.15, -0.1) is 0 Å². The fourth-order valence-electron chi connectivity index (χ4n) is 2.78. The Bertz CT molecular complexity index is 819. The fourth-order valence-corrected chi connectivity index (χ4v) is 2.78. The number of morpholine rings is 1. The predicted octanol–water partition coefficient (Wildman–Crippen LogP) is 3.18. The Morgan fingerprint density at radius 1 is 1.33 bits per heavy atom. The molecule has 0 unspecified atom stereocenters. The number of ether oxygens (including phenoxy) is 1. The Labute approximate surface area is 137 Å². The second-order valence-electron chi connectivity index (χ2n) is 5.43. The van der Waals surface area contributed by atoms with Crippen molar-refractivity contribution in [3.8, 4) is 6.07 Å². The molecule has 0 bridgehead atoms. The highest BCUT2D eigenvalue weighted by Gasteiger charge is 2.27. The van der Waals surface area contributed by atoms with Crippen LogP contribution in [0, 0.1) is 27.3 Å². The third-order valence-electron chi connectivity index (χ3n) is 3.93. The third kappa shape index (κ3) is 3.19. The number of nitriles is 1. The molecule has 122 valence electrons. The monoisotopic (exact) mass is 327 g/mol. The molecule has 7 heteroatoms. The first-order valence-corrected chi connectivity index (χ1v) is 7.39. The van der Waals surface area contributed by atoms with Gasteiger partial charge >= 0.3 is 0 Å². The van der Waals surface area contributed by atoms with Gasteiger partial charge in [0.1, 0.15) is 17.6 Å². The molecule has 0 aliphatic carbocycles. The van der Waals surface area contributed by atoms with Gasteiger partial charge in [0, 0.05) is 19.2 Å². The van der Waals surface area contributed by atoms with Gasteiger partial charge in [0.25, 0.3) is 5.69 Å². The molecule has 1 heterocycles. The molecule has 0 spiro atoms. The summed E-state index contributed by atoms with van der Waals surface area (Å²) >= 11 is 0. The molecule has 3 rings (SSSR count). The largest absolute Gasteiger partial charge is 0.370 e. The summed E-state index contributed by atoms with van der Waals surface area (Å²) in [5, 5.41) is 20.2. The zero-order valence-corrected chi connectivity index (χ0v) is 12.7. The lowest BCUT2D eigenvalue weighted by Gasteiger charge is -2.34. The molecule has 1 fully saturated rings. The quantitative estimate of drug-likeness (QED) is 0.639. The Morgan fingerprint density at radius 3 is 2.88 bits per heavy atom. The number of benzene rings is 2. The lowest BCUT2D eigenvalue weighted by molar-refractivity contribution is -0.384. The van der Waals surface area contributed by atoms with Crippen LogP contribution in [0.2, 0.25) is 0 Å². The number of nitro groups is 1. The van der Waals surface area contributed by atoms with Gasteiger partial charge in [0.2, 0.25) is 0 Å². The zero-order chi connectivity index (χ0) is 17.1. The molecule has 0 aromatic heterocycles. The lowest BCUT2D eigenvalue weighted by atomic mass is 10.1. The van der Waals surface area contributed by atoms with Gasteiger partial charge in [0.05, 0.1) is 23.2 Å². The molecule has 0 amide bonds. The summed E-state index contributed by atoms with van der Waals surface area (Å²) in [6.45, 7) is 1.23. The number of hydrogen-bond donors (Lipinski definition) is 0. The third-order valence-corrected chi connectivity index (χ3v) is 3.93. The Hall–Kier alpha value is -2.98. The molecule has 1 aliphatic rings. The van der Waals surface area contributed by atoms with Crippen LogP contribution in [-0.2, 0) is 4.74 Å². The van der Waals surface area contributed by atoms with Gasteiger partial charge in [-0.25, -0.2) is 4.39 Å². The van der Waals surface area contributed by atoms with Crippen molar-refractivity contribution in [3.05, 3.63) is 69.5 Å². The van der Waals surface area contributed by atoms with E-state index in [0.29, 0.717) is 30.9 Å². The smallest absolute Gasteiger partial charge is 0.293 e. The van der Waals surface area contributed by atoms with Crippen molar-refractivity contribution >= 4 is 11.4 Å². The number of rotatable bonds is 3. The van der Waals surface area contributed by atoms with Crippen molar-refractivity contribution in [2.75, 3.05) is 24.6 Å². The number of hydrogen-bond acceptors (Lipinski definition) is 5. The summed E-state index contributed by atoms with van der Waals surface area (Å²) in [5.41, 5.74) is 1.24. The second-order valence-corrected chi connectivity index (χ2v) is 5.43. The number of nitrogens with zero attached hydrogens (tertiary/aromatic N) is 3. The highest BCUT2D eigenvalue weighted by Crippen LogP contribution is 2.33. The molecule has 1 atom stereocenters. The minimum atomic E-state index is -0.497. The summed E-state index contributed by atoms with van der Waals surface area (Å²) in [6, 6.07) is 12.4. The van der Waals surface area contributed by atoms with Gasteiger partial charge in [-0.1, -0.05) is 12.1 Å². The molecular formula is C17H14FN3O3. The van der Waals surface area contributed by atoms with Gasteiger partial charge in [-0.3, -0.25) is 10.1 Å². The minimum Gasteiger partial charge on any atom is -0.370 e. The van der Waals surface area contributed by atoms with E-state index in [1.54, 1.807) is 24.3 Å². The van der Waals surface area contributed by atoms with E-state index in [-0.39, 0.29) is 23.2 Å². The van der Waals surface area contributed by atoms with Crippen molar-refractivity contribution in [3.63, 3.8) is 0 Å². The van der Waals surface area contributed by atoms with E-state index < -0.39 is 4.92 Å². The molecule has 0 saturated carbocycles. The summed E-state index contributed by atoms with van der Waals surface area (Å²) < 4.78 is 19.1. The van der Waals surface area contributed by atoms with Crippen LogP contribution in [0.4, 0.5) is 15.8 Å². The molecule has 24 heavy (non-hydrogen) atoms. The van der Waals surface area contributed by atoms with Crippen molar-refractivity contribution in [2.24, 2.45) is 0 Å². The van der Waals surface area contributed by atoms with Crippen LogP contribution >= 0.6 is 0 Å². The van der Waals surface area contributed by atoms with Crippen molar-refractivity contribution in [2.45, 2.75) is 6.10 Å². The van der Waals surface area contributed by atoms with E-state index in [9.17, 15) is 14.5 Å². The summed E-state index contributed by atoms with van der Waals surface area (Å²) in [4.78, 5) is 12.7. The molecule has 0 radical (unpaired) electrons. The van der Waals surface area contributed by atoms with E-state index in [1.165, 1.54) is 18.2 Å².